The SMILES string of the molecule is CCN(CC(C)(C)O)C(=O)C(C(F)(F)F)C(F)(F)F. The first-order chi connectivity index (χ1) is 8.20. The Morgan fingerprint density at radius 2 is 1.47 bits per heavy atom. The Balaban J connectivity index is 5.30. The molecule has 0 saturated heterocycles. The van der Waals surface area contributed by atoms with Crippen molar-refractivity contribution in [2.75, 3.05) is 13.1 Å². The van der Waals surface area contributed by atoms with E-state index in [-0.39, 0.29) is 6.54 Å². The first kappa shape index (κ1) is 18.0. The second-order valence-corrected chi connectivity index (χ2v) is 4.68. The first-order valence-corrected chi connectivity index (χ1v) is 5.34. The van der Waals surface area contributed by atoms with Crippen LogP contribution in [-0.4, -0.2) is 47.0 Å². The zero-order valence-corrected chi connectivity index (χ0v) is 10.6. The molecule has 0 spiro atoms. The Bertz CT molecular complexity index is 303. The molecule has 0 atom stereocenters. The fraction of sp³-hybridized carbons (Fsp3) is 0.900. The summed E-state index contributed by atoms with van der Waals surface area (Å²) < 4.78 is 74.2. The Kier molecular flexibility index (Phi) is 5.27. The van der Waals surface area contributed by atoms with Crippen molar-refractivity contribution in [1.82, 2.24) is 4.90 Å². The molecular formula is C10H15F6NO2. The molecule has 0 rings (SSSR count). The number of hydrogen-bond donors (Lipinski definition) is 1. The van der Waals surface area contributed by atoms with E-state index in [0.29, 0.717) is 4.90 Å². The van der Waals surface area contributed by atoms with E-state index in [4.69, 9.17) is 0 Å². The van der Waals surface area contributed by atoms with Gasteiger partial charge in [0, 0.05) is 13.1 Å². The standard InChI is InChI=1S/C10H15F6NO2/c1-4-17(5-8(2,3)19)7(18)6(9(11,12)13)10(14,15)16/h6,19H,4-5H2,1-3H3. The molecule has 0 fully saturated rings. The zero-order chi connectivity index (χ0) is 15.6. The van der Waals surface area contributed by atoms with Crippen molar-refractivity contribution in [1.29, 1.82) is 0 Å². The van der Waals surface area contributed by atoms with Gasteiger partial charge in [0.25, 0.3) is 0 Å². The summed E-state index contributed by atoms with van der Waals surface area (Å²) in [7, 11) is 0. The maximum Gasteiger partial charge on any atom is 0.409 e. The molecule has 0 aromatic carbocycles. The summed E-state index contributed by atoms with van der Waals surface area (Å²) in [5.41, 5.74) is -1.59. The molecule has 1 amide bonds. The molecule has 1 N–H and O–H groups in total. The predicted molar refractivity (Wildman–Crippen MR) is 54.2 cm³/mol. The van der Waals surface area contributed by atoms with Gasteiger partial charge in [-0.1, -0.05) is 0 Å². The molecule has 0 heterocycles. The summed E-state index contributed by atoms with van der Waals surface area (Å²) >= 11 is 0. The minimum absolute atomic E-state index is 0.339. The molecule has 0 aromatic heterocycles. The van der Waals surface area contributed by atoms with E-state index in [0.717, 1.165) is 0 Å². The highest BCUT2D eigenvalue weighted by Crippen LogP contribution is 2.40. The van der Waals surface area contributed by atoms with E-state index in [1.807, 2.05) is 0 Å². The number of carbonyl (C=O) groups excluding carboxylic acids is 1. The van der Waals surface area contributed by atoms with Crippen molar-refractivity contribution in [2.24, 2.45) is 5.92 Å². The van der Waals surface area contributed by atoms with E-state index in [9.17, 15) is 36.2 Å². The van der Waals surface area contributed by atoms with Gasteiger partial charge in [-0.3, -0.25) is 4.79 Å². The highest BCUT2D eigenvalue weighted by atomic mass is 19.4. The number of amides is 1. The van der Waals surface area contributed by atoms with E-state index < -0.39 is 36.3 Å². The third-order valence-electron chi connectivity index (χ3n) is 2.17. The number of halogens is 6. The molecule has 114 valence electrons. The number of aliphatic hydroxyl groups is 1. The van der Waals surface area contributed by atoms with Gasteiger partial charge in [-0.25, -0.2) is 0 Å². The molecular weight excluding hydrogens is 280 g/mol. The third-order valence-corrected chi connectivity index (χ3v) is 2.17. The molecule has 0 bridgehead atoms. The van der Waals surface area contributed by atoms with Gasteiger partial charge >= 0.3 is 12.4 Å². The van der Waals surface area contributed by atoms with Gasteiger partial charge in [0.1, 0.15) is 0 Å². The topological polar surface area (TPSA) is 40.5 Å². The molecule has 0 aromatic rings. The molecule has 9 heteroatoms. The summed E-state index contributed by atoms with van der Waals surface area (Å²) in [6.45, 7) is 2.60. The third kappa shape index (κ3) is 5.66. The van der Waals surface area contributed by atoms with Crippen LogP contribution in [0.1, 0.15) is 20.8 Å². The van der Waals surface area contributed by atoms with Gasteiger partial charge in [-0.2, -0.15) is 26.3 Å². The average Bonchev–Trinajstić information content (AvgIpc) is 2.07. The van der Waals surface area contributed by atoms with Gasteiger partial charge in [0.15, 0.2) is 0 Å². The molecule has 0 saturated carbocycles. The molecule has 0 aliphatic heterocycles. The Morgan fingerprint density at radius 1 is 1.11 bits per heavy atom. The lowest BCUT2D eigenvalue weighted by Crippen LogP contribution is -2.52. The van der Waals surface area contributed by atoms with Crippen molar-refractivity contribution in [3.05, 3.63) is 0 Å². The van der Waals surface area contributed by atoms with E-state index >= 15 is 0 Å². The predicted octanol–water partition coefficient (Wildman–Crippen LogP) is 2.35. The maximum atomic E-state index is 12.4. The Morgan fingerprint density at radius 3 is 1.68 bits per heavy atom. The summed E-state index contributed by atoms with van der Waals surface area (Å²) in [6, 6.07) is 0. The quantitative estimate of drug-likeness (QED) is 0.809. The number of nitrogens with zero attached hydrogens (tertiary/aromatic N) is 1. The fourth-order valence-corrected chi connectivity index (χ4v) is 1.46. The Hall–Kier alpha value is -0.990. The van der Waals surface area contributed by atoms with E-state index in [1.165, 1.54) is 20.8 Å². The van der Waals surface area contributed by atoms with E-state index in [2.05, 4.69) is 0 Å². The van der Waals surface area contributed by atoms with Crippen molar-refractivity contribution >= 4 is 5.91 Å². The van der Waals surface area contributed by atoms with Gasteiger partial charge in [-0.05, 0) is 20.8 Å². The largest absolute Gasteiger partial charge is 0.409 e. The van der Waals surface area contributed by atoms with Gasteiger partial charge in [0.2, 0.25) is 11.8 Å². The zero-order valence-electron chi connectivity index (χ0n) is 10.6. The molecule has 19 heavy (non-hydrogen) atoms. The highest BCUT2D eigenvalue weighted by molar-refractivity contribution is 5.80. The monoisotopic (exact) mass is 295 g/mol. The maximum absolute atomic E-state index is 12.4. The van der Waals surface area contributed by atoms with Gasteiger partial charge in [0.05, 0.1) is 5.60 Å². The smallest absolute Gasteiger partial charge is 0.389 e. The molecule has 0 aliphatic carbocycles. The lowest BCUT2D eigenvalue weighted by Gasteiger charge is -2.32. The second kappa shape index (κ2) is 5.56. The summed E-state index contributed by atoms with van der Waals surface area (Å²) in [5.74, 6) is -6.17. The van der Waals surface area contributed by atoms with Crippen LogP contribution in [0, 0.1) is 5.92 Å². The van der Waals surface area contributed by atoms with Crippen molar-refractivity contribution in [2.45, 2.75) is 38.7 Å². The number of rotatable bonds is 4. The minimum atomic E-state index is -5.72. The Labute approximate surface area is 106 Å². The number of carbonyl (C=O) groups is 1. The van der Waals surface area contributed by atoms with Gasteiger partial charge < -0.3 is 10.0 Å². The van der Waals surface area contributed by atoms with Crippen molar-refractivity contribution in [3.8, 4) is 0 Å². The van der Waals surface area contributed by atoms with Crippen LogP contribution < -0.4 is 0 Å². The lowest BCUT2D eigenvalue weighted by molar-refractivity contribution is -0.278. The van der Waals surface area contributed by atoms with Crippen LogP contribution >= 0.6 is 0 Å². The normalized spacial score (nSPS) is 13.8. The lowest BCUT2D eigenvalue weighted by atomic mass is 10.0. The number of likely N-dealkylation sites (N-methyl/N-ethyl adjacent to an activating group) is 1. The summed E-state index contributed by atoms with van der Waals surface area (Å²) in [5, 5.41) is 9.40. The minimum Gasteiger partial charge on any atom is -0.389 e. The molecule has 0 unspecified atom stereocenters. The van der Waals surface area contributed by atoms with Crippen LogP contribution in [0.3, 0.4) is 0 Å². The first-order valence-electron chi connectivity index (χ1n) is 5.34. The fourth-order valence-electron chi connectivity index (χ4n) is 1.46. The van der Waals surface area contributed by atoms with E-state index in [1.54, 1.807) is 0 Å². The van der Waals surface area contributed by atoms with Gasteiger partial charge in [-0.15, -0.1) is 0 Å². The summed E-state index contributed by atoms with van der Waals surface area (Å²) in [4.78, 5) is 11.8. The average molecular weight is 295 g/mol. The van der Waals surface area contributed by atoms with Crippen LogP contribution in [0.4, 0.5) is 26.3 Å². The summed E-state index contributed by atoms with van der Waals surface area (Å²) in [6.07, 6.45) is -11.4. The second-order valence-electron chi connectivity index (χ2n) is 4.68. The number of hydrogen-bond acceptors (Lipinski definition) is 2. The van der Waals surface area contributed by atoms with Crippen LogP contribution in [0.2, 0.25) is 0 Å². The van der Waals surface area contributed by atoms with Crippen LogP contribution in [0.25, 0.3) is 0 Å². The van der Waals surface area contributed by atoms with Crippen LogP contribution in [-0.2, 0) is 4.79 Å². The van der Waals surface area contributed by atoms with Crippen molar-refractivity contribution < 1.29 is 36.2 Å². The van der Waals surface area contributed by atoms with Crippen molar-refractivity contribution in [3.63, 3.8) is 0 Å². The molecule has 0 aliphatic rings. The number of alkyl halides is 6. The highest BCUT2D eigenvalue weighted by Gasteiger charge is 2.62. The molecule has 3 nitrogen and oxygen atoms in total. The molecule has 0 radical (unpaired) electrons. The van der Waals surface area contributed by atoms with Crippen LogP contribution in [0.15, 0.2) is 0 Å². The van der Waals surface area contributed by atoms with Crippen LogP contribution in [0.5, 0.6) is 0 Å².